The highest BCUT2D eigenvalue weighted by Gasteiger charge is 2.42. The number of hydrogen-bond donors (Lipinski definition) is 1. The predicted octanol–water partition coefficient (Wildman–Crippen LogP) is -0.112. The minimum Gasteiger partial charge on any atom is -0.459 e. The van der Waals surface area contributed by atoms with Gasteiger partial charge >= 0.3 is 5.97 Å². The van der Waals surface area contributed by atoms with Crippen LogP contribution in [0.25, 0.3) is 0 Å². The van der Waals surface area contributed by atoms with Crippen LogP contribution in [-0.2, 0) is 14.3 Å². The largest absolute Gasteiger partial charge is 0.459 e. The number of hydrogen-bond acceptors (Lipinski definition) is 4. The molecule has 1 fully saturated rings. The lowest BCUT2D eigenvalue weighted by atomic mass is 9.86. The molecule has 0 aromatic rings. The number of carbonyl (C=O) groups is 2. The molecule has 0 bridgehead atoms. The van der Waals surface area contributed by atoms with E-state index in [9.17, 15) is 9.59 Å². The Kier molecular flexibility index (Phi) is 2.19. The second kappa shape index (κ2) is 2.86. The van der Waals surface area contributed by atoms with Crippen LogP contribution in [0.4, 0.5) is 0 Å². The average Bonchev–Trinajstić information content (AvgIpc) is 2.33. The summed E-state index contributed by atoms with van der Waals surface area (Å²) in [5.74, 6) is -0.630. The van der Waals surface area contributed by atoms with E-state index in [2.05, 4.69) is 0 Å². The van der Waals surface area contributed by atoms with E-state index in [-0.39, 0.29) is 6.42 Å². The Morgan fingerprint density at radius 2 is 2.25 bits per heavy atom. The minimum atomic E-state index is -1.06. The normalized spacial score (nSPS) is 30.1. The third kappa shape index (κ3) is 1.48. The number of carbonyl (C=O) groups excluding carboxylic acids is 2. The van der Waals surface area contributed by atoms with Crippen molar-refractivity contribution < 1.29 is 19.4 Å². The van der Waals surface area contributed by atoms with Gasteiger partial charge in [-0.15, -0.1) is 0 Å². The van der Waals surface area contributed by atoms with Gasteiger partial charge in [-0.2, -0.15) is 0 Å². The zero-order valence-electron chi connectivity index (χ0n) is 7.11. The smallest absolute Gasteiger partial charge is 0.335 e. The summed E-state index contributed by atoms with van der Waals surface area (Å²) in [5.41, 5.74) is -0.701. The van der Waals surface area contributed by atoms with Crippen LogP contribution in [0.1, 0.15) is 20.3 Å². The van der Waals surface area contributed by atoms with Gasteiger partial charge in [0.15, 0.2) is 6.10 Å². The van der Waals surface area contributed by atoms with E-state index < -0.39 is 23.6 Å². The van der Waals surface area contributed by atoms with Crippen molar-refractivity contribution in [1.29, 1.82) is 0 Å². The molecule has 0 aromatic heterocycles. The van der Waals surface area contributed by atoms with Crippen molar-refractivity contribution in [3.8, 4) is 0 Å². The molecule has 1 saturated heterocycles. The number of cyclic esters (lactones) is 1. The molecule has 0 aromatic carbocycles. The summed E-state index contributed by atoms with van der Waals surface area (Å²) in [6, 6.07) is 0. The number of rotatable bonds is 2. The van der Waals surface area contributed by atoms with Crippen molar-refractivity contribution in [1.82, 2.24) is 0 Å². The molecular formula is C8H12O4. The Labute approximate surface area is 70.5 Å². The van der Waals surface area contributed by atoms with Crippen molar-refractivity contribution in [3.05, 3.63) is 0 Å². The van der Waals surface area contributed by atoms with Gasteiger partial charge in [0.25, 0.3) is 0 Å². The molecule has 0 spiro atoms. The third-order valence-corrected chi connectivity index (χ3v) is 2.10. The van der Waals surface area contributed by atoms with Gasteiger partial charge in [-0.1, -0.05) is 0 Å². The summed E-state index contributed by atoms with van der Waals surface area (Å²) < 4.78 is 4.81. The van der Waals surface area contributed by atoms with Crippen molar-refractivity contribution >= 4 is 12.3 Å². The molecule has 0 saturated carbocycles. The van der Waals surface area contributed by atoms with Gasteiger partial charge < -0.3 is 14.6 Å². The van der Waals surface area contributed by atoms with Crippen LogP contribution in [0.2, 0.25) is 0 Å². The zero-order chi connectivity index (χ0) is 9.35. The molecule has 4 heteroatoms. The van der Waals surface area contributed by atoms with Gasteiger partial charge in [0, 0.05) is 6.42 Å². The molecule has 0 aliphatic carbocycles. The maximum Gasteiger partial charge on any atom is 0.335 e. The monoisotopic (exact) mass is 172 g/mol. The number of aldehydes is 1. The first-order chi connectivity index (χ1) is 5.47. The Hall–Kier alpha value is -0.900. The van der Waals surface area contributed by atoms with E-state index in [0.29, 0.717) is 0 Å². The maximum absolute atomic E-state index is 10.8. The molecule has 1 aliphatic rings. The molecule has 1 N–H and O–H groups in total. The molecule has 4 nitrogen and oxygen atoms in total. The number of aliphatic hydroxyl groups is 1. The van der Waals surface area contributed by atoms with E-state index in [0.717, 1.165) is 6.29 Å². The lowest BCUT2D eigenvalue weighted by Crippen LogP contribution is -2.30. The summed E-state index contributed by atoms with van der Waals surface area (Å²) in [5, 5.41) is 9.04. The molecule has 68 valence electrons. The highest BCUT2D eigenvalue weighted by atomic mass is 16.6. The van der Waals surface area contributed by atoms with E-state index >= 15 is 0 Å². The molecule has 12 heavy (non-hydrogen) atoms. The molecule has 1 rings (SSSR count). The molecule has 1 heterocycles. The van der Waals surface area contributed by atoms with E-state index in [1.54, 1.807) is 13.8 Å². The second-order valence-corrected chi connectivity index (χ2v) is 3.62. The van der Waals surface area contributed by atoms with Crippen molar-refractivity contribution in [2.24, 2.45) is 5.41 Å². The van der Waals surface area contributed by atoms with Crippen molar-refractivity contribution in [2.45, 2.75) is 32.5 Å². The average molecular weight is 172 g/mol. The minimum absolute atomic E-state index is 0.213. The van der Waals surface area contributed by atoms with Crippen molar-refractivity contribution in [2.75, 3.05) is 0 Å². The quantitative estimate of drug-likeness (QED) is 0.466. The molecule has 0 radical (unpaired) electrons. The first-order valence-electron chi connectivity index (χ1n) is 3.82. The molecule has 0 amide bonds. The Morgan fingerprint density at radius 1 is 1.67 bits per heavy atom. The van der Waals surface area contributed by atoms with Crippen LogP contribution in [0.15, 0.2) is 0 Å². The molecule has 2 atom stereocenters. The fraction of sp³-hybridized carbons (Fsp3) is 0.750. The zero-order valence-corrected chi connectivity index (χ0v) is 7.11. The fourth-order valence-electron chi connectivity index (χ4n) is 1.10. The Bertz CT molecular complexity index is 209. The first kappa shape index (κ1) is 9.19. The fourth-order valence-corrected chi connectivity index (χ4v) is 1.10. The summed E-state index contributed by atoms with van der Waals surface area (Å²) in [7, 11) is 0. The first-order valence-corrected chi connectivity index (χ1v) is 3.82. The summed E-state index contributed by atoms with van der Waals surface area (Å²) in [4.78, 5) is 21.3. The SMILES string of the molecule is CC(C)(C=O)C1CC(O)C(=O)O1. The van der Waals surface area contributed by atoms with Gasteiger partial charge in [-0.3, -0.25) is 0 Å². The van der Waals surface area contributed by atoms with E-state index in [1.807, 2.05) is 0 Å². The highest BCUT2D eigenvalue weighted by molar-refractivity contribution is 5.77. The second-order valence-electron chi connectivity index (χ2n) is 3.62. The topological polar surface area (TPSA) is 63.6 Å². The van der Waals surface area contributed by atoms with Gasteiger partial charge in [0.2, 0.25) is 0 Å². The highest BCUT2D eigenvalue weighted by Crippen LogP contribution is 2.29. The molecule has 1 aliphatic heterocycles. The molecule has 2 unspecified atom stereocenters. The van der Waals surface area contributed by atoms with Crippen LogP contribution < -0.4 is 0 Å². The lowest BCUT2D eigenvalue weighted by molar-refractivity contribution is -0.151. The van der Waals surface area contributed by atoms with Crippen LogP contribution in [0.3, 0.4) is 0 Å². The number of aliphatic hydroxyl groups excluding tert-OH is 1. The van der Waals surface area contributed by atoms with Crippen LogP contribution in [0, 0.1) is 5.41 Å². The third-order valence-electron chi connectivity index (χ3n) is 2.10. The number of ether oxygens (including phenoxy) is 1. The predicted molar refractivity (Wildman–Crippen MR) is 40.3 cm³/mol. The summed E-state index contributed by atoms with van der Waals surface area (Å²) in [6.07, 6.45) is -0.597. The Balaban J connectivity index is 2.69. The van der Waals surface area contributed by atoms with Crippen molar-refractivity contribution in [3.63, 3.8) is 0 Å². The lowest BCUT2D eigenvalue weighted by Gasteiger charge is -2.22. The summed E-state index contributed by atoms with van der Waals surface area (Å²) in [6.45, 7) is 3.35. The standard InChI is InChI=1S/C8H12O4/c1-8(2,4-9)6-3-5(10)7(11)12-6/h4-6,10H,3H2,1-2H3. The van der Waals surface area contributed by atoms with Crippen LogP contribution in [0.5, 0.6) is 0 Å². The Morgan fingerprint density at radius 3 is 2.58 bits per heavy atom. The maximum atomic E-state index is 10.8. The van der Waals surface area contributed by atoms with E-state index in [4.69, 9.17) is 9.84 Å². The summed E-state index contributed by atoms with van der Waals surface area (Å²) >= 11 is 0. The van der Waals surface area contributed by atoms with Gasteiger partial charge in [-0.05, 0) is 13.8 Å². The van der Waals surface area contributed by atoms with Gasteiger partial charge in [-0.25, -0.2) is 4.79 Å². The van der Waals surface area contributed by atoms with Gasteiger partial charge in [0.1, 0.15) is 12.4 Å². The van der Waals surface area contributed by atoms with Gasteiger partial charge in [0.05, 0.1) is 5.41 Å². The van der Waals surface area contributed by atoms with Crippen LogP contribution >= 0.6 is 0 Å². The number of esters is 1. The van der Waals surface area contributed by atoms with Crippen LogP contribution in [-0.4, -0.2) is 29.6 Å². The van der Waals surface area contributed by atoms with E-state index in [1.165, 1.54) is 0 Å². The molecular weight excluding hydrogens is 160 g/mol.